The van der Waals surface area contributed by atoms with Gasteiger partial charge in [-0.15, -0.1) is 6.58 Å². The highest BCUT2D eigenvalue weighted by Crippen LogP contribution is 2.43. The molecule has 0 aromatic heterocycles. The van der Waals surface area contributed by atoms with Crippen molar-refractivity contribution in [3.8, 4) is 0 Å². The molecule has 18 heavy (non-hydrogen) atoms. The van der Waals surface area contributed by atoms with Crippen LogP contribution in [0.5, 0.6) is 0 Å². The fraction of sp³-hybridized carbons (Fsp3) is 0.867. The molecule has 0 aliphatic heterocycles. The Labute approximate surface area is 115 Å². The van der Waals surface area contributed by atoms with Gasteiger partial charge in [0.1, 0.15) is 0 Å². The molecule has 0 heterocycles. The molecule has 0 aliphatic rings. The van der Waals surface area contributed by atoms with Gasteiger partial charge in [-0.3, -0.25) is 0 Å². The van der Waals surface area contributed by atoms with Gasteiger partial charge >= 0.3 is 0 Å². The second-order valence-electron chi connectivity index (χ2n) is 6.36. The quantitative estimate of drug-likeness (QED) is 0.522. The largest absolute Gasteiger partial charge is 0.411 e. The van der Waals surface area contributed by atoms with Crippen LogP contribution in [-0.4, -0.2) is 20.5 Å². The smallest absolute Gasteiger partial charge is 0.200 e. The van der Waals surface area contributed by atoms with E-state index in [0.29, 0.717) is 16.6 Å². The van der Waals surface area contributed by atoms with Crippen molar-refractivity contribution in [2.45, 2.75) is 83.7 Å². The summed E-state index contributed by atoms with van der Waals surface area (Å²) in [5.74, 6) is 0. The van der Waals surface area contributed by atoms with Crippen LogP contribution in [0.3, 0.4) is 0 Å². The molecule has 0 saturated carbocycles. The zero-order valence-electron chi connectivity index (χ0n) is 13.4. The van der Waals surface area contributed by atoms with Crippen molar-refractivity contribution in [3.05, 3.63) is 12.7 Å². The van der Waals surface area contributed by atoms with Gasteiger partial charge in [0.25, 0.3) is 0 Å². The molecule has 0 saturated heterocycles. The zero-order valence-corrected chi connectivity index (χ0v) is 14.4. The molecule has 108 valence electrons. The summed E-state index contributed by atoms with van der Waals surface area (Å²) < 4.78 is 6.67. The standard InChI is InChI=1S/C15H33NOSi/c1-9-10-15(14(8)16)17-18(11(2)3,12(4)5)13(6)7/h9,11-15H,1,10,16H2,2-8H3/t14-,15-/m0/s1. The first kappa shape index (κ1) is 17.9. The molecule has 0 bridgehead atoms. The molecule has 0 amide bonds. The van der Waals surface area contributed by atoms with E-state index >= 15 is 0 Å². The van der Waals surface area contributed by atoms with Crippen molar-refractivity contribution in [2.24, 2.45) is 5.73 Å². The topological polar surface area (TPSA) is 35.2 Å². The van der Waals surface area contributed by atoms with Gasteiger partial charge in [-0.25, -0.2) is 0 Å². The molecule has 0 radical (unpaired) electrons. The summed E-state index contributed by atoms with van der Waals surface area (Å²) in [6.07, 6.45) is 2.88. The average Bonchev–Trinajstić information content (AvgIpc) is 2.21. The minimum Gasteiger partial charge on any atom is -0.411 e. The maximum Gasteiger partial charge on any atom is 0.200 e. The van der Waals surface area contributed by atoms with Gasteiger partial charge in [-0.2, -0.15) is 0 Å². The third-order valence-electron chi connectivity index (χ3n) is 4.05. The molecular formula is C15H33NOSi. The maximum atomic E-state index is 6.67. The Morgan fingerprint density at radius 3 is 1.61 bits per heavy atom. The number of hydrogen-bond donors (Lipinski definition) is 1. The first-order valence-electron chi connectivity index (χ1n) is 7.24. The molecule has 0 spiro atoms. The second kappa shape index (κ2) is 7.46. The molecule has 0 unspecified atom stereocenters. The van der Waals surface area contributed by atoms with E-state index in [1.165, 1.54) is 0 Å². The third-order valence-corrected chi connectivity index (χ3v) is 10.2. The van der Waals surface area contributed by atoms with Crippen LogP contribution in [0.2, 0.25) is 16.6 Å². The van der Waals surface area contributed by atoms with Gasteiger partial charge in [-0.1, -0.05) is 47.6 Å². The first-order chi connectivity index (χ1) is 8.20. The van der Waals surface area contributed by atoms with Crippen molar-refractivity contribution >= 4 is 8.32 Å². The van der Waals surface area contributed by atoms with Gasteiger partial charge in [-0.05, 0) is 30.0 Å². The Morgan fingerprint density at radius 1 is 1.00 bits per heavy atom. The Morgan fingerprint density at radius 2 is 1.39 bits per heavy atom. The molecule has 2 atom stereocenters. The summed E-state index contributed by atoms with van der Waals surface area (Å²) in [5.41, 5.74) is 7.88. The van der Waals surface area contributed by atoms with Crippen molar-refractivity contribution in [3.63, 3.8) is 0 Å². The van der Waals surface area contributed by atoms with E-state index in [-0.39, 0.29) is 12.1 Å². The van der Waals surface area contributed by atoms with Gasteiger partial charge in [0.05, 0.1) is 6.10 Å². The Bertz CT molecular complexity index is 227. The van der Waals surface area contributed by atoms with Crippen LogP contribution >= 0.6 is 0 Å². The highest BCUT2D eigenvalue weighted by molar-refractivity contribution is 6.77. The van der Waals surface area contributed by atoms with E-state index in [1.54, 1.807) is 0 Å². The van der Waals surface area contributed by atoms with Crippen LogP contribution in [0, 0.1) is 0 Å². The highest BCUT2D eigenvalue weighted by Gasteiger charge is 2.46. The van der Waals surface area contributed by atoms with Crippen molar-refractivity contribution < 1.29 is 4.43 Å². The van der Waals surface area contributed by atoms with E-state index in [2.05, 4.69) is 48.1 Å². The minimum absolute atomic E-state index is 0.0612. The van der Waals surface area contributed by atoms with Crippen LogP contribution in [-0.2, 0) is 4.43 Å². The molecule has 0 aliphatic carbocycles. The predicted octanol–water partition coefficient (Wildman–Crippen LogP) is 4.47. The molecule has 0 aromatic carbocycles. The van der Waals surface area contributed by atoms with Crippen LogP contribution in [0.1, 0.15) is 54.9 Å². The van der Waals surface area contributed by atoms with Gasteiger partial charge in [0, 0.05) is 6.04 Å². The molecule has 3 heteroatoms. The lowest BCUT2D eigenvalue weighted by atomic mass is 10.1. The summed E-state index contributed by atoms with van der Waals surface area (Å²) in [7, 11) is -1.82. The van der Waals surface area contributed by atoms with Crippen molar-refractivity contribution in [1.82, 2.24) is 0 Å². The van der Waals surface area contributed by atoms with Crippen LogP contribution in [0.15, 0.2) is 12.7 Å². The lowest BCUT2D eigenvalue weighted by Gasteiger charge is -2.45. The van der Waals surface area contributed by atoms with E-state index in [9.17, 15) is 0 Å². The highest BCUT2D eigenvalue weighted by atomic mass is 28.4. The summed E-state index contributed by atoms with van der Waals surface area (Å²) in [4.78, 5) is 0. The summed E-state index contributed by atoms with van der Waals surface area (Å²) >= 11 is 0. The lowest BCUT2D eigenvalue weighted by molar-refractivity contribution is 0.154. The first-order valence-corrected chi connectivity index (χ1v) is 9.38. The lowest BCUT2D eigenvalue weighted by Crippen LogP contribution is -2.53. The van der Waals surface area contributed by atoms with E-state index in [4.69, 9.17) is 10.2 Å². The molecule has 0 rings (SSSR count). The number of rotatable bonds is 8. The van der Waals surface area contributed by atoms with E-state index in [0.717, 1.165) is 6.42 Å². The maximum absolute atomic E-state index is 6.67. The van der Waals surface area contributed by atoms with E-state index < -0.39 is 8.32 Å². The second-order valence-corrected chi connectivity index (χ2v) is 11.8. The van der Waals surface area contributed by atoms with Crippen LogP contribution in [0.25, 0.3) is 0 Å². The number of hydrogen-bond acceptors (Lipinski definition) is 2. The molecule has 2 N–H and O–H groups in total. The molecule has 2 nitrogen and oxygen atoms in total. The van der Waals surface area contributed by atoms with E-state index in [1.807, 2.05) is 13.0 Å². The fourth-order valence-electron chi connectivity index (χ4n) is 3.20. The van der Waals surface area contributed by atoms with Crippen molar-refractivity contribution in [1.29, 1.82) is 0 Å². The Hall–Kier alpha value is -0.123. The normalized spacial score (nSPS) is 16.4. The summed E-state index contributed by atoms with van der Waals surface area (Å²) in [6.45, 7) is 19.7. The average molecular weight is 272 g/mol. The van der Waals surface area contributed by atoms with Gasteiger partial charge in [0.15, 0.2) is 0 Å². The number of nitrogens with two attached hydrogens (primary N) is 1. The fourth-order valence-corrected chi connectivity index (χ4v) is 8.86. The molecule has 0 aromatic rings. The van der Waals surface area contributed by atoms with Crippen molar-refractivity contribution in [2.75, 3.05) is 0 Å². The molecule has 0 fully saturated rings. The summed E-state index contributed by atoms with van der Waals surface area (Å²) in [5, 5.41) is 0. The third kappa shape index (κ3) is 3.94. The Kier molecular flexibility index (Phi) is 7.41. The zero-order chi connectivity index (χ0) is 14.5. The SMILES string of the molecule is C=CC[C@H](O[Si](C(C)C)(C(C)C)C(C)C)[C@H](C)N. The summed E-state index contributed by atoms with van der Waals surface area (Å²) in [6, 6.07) is 0.0612. The molecular weight excluding hydrogens is 238 g/mol. The van der Waals surface area contributed by atoms with Crippen LogP contribution < -0.4 is 5.73 Å². The predicted molar refractivity (Wildman–Crippen MR) is 84.4 cm³/mol. The van der Waals surface area contributed by atoms with Gasteiger partial charge < -0.3 is 10.2 Å². The monoisotopic (exact) mass is 271 g/mol. The van der Waals surface area contributed by atoms with Gasteiger partial charge in [0.2, 0.25) is 8.32 Å². The minimum atomic E-state index is -1.82. The Balaban J connectivity index is 5.25. The van der Waals surface area contributed by atoms with Crippen LogP contribution in [0.4, 0.5) is 0 Å².